The molecule has 4 heteroatoms. The Hall–Kier alpha value is -0.610. The second-order valence-electron chi connectivity index (χ2n) is 3.96. The Balaban J connectivity index is 2.29. The zero-order valence-electron chi connectivity index (χ0n) is 8.39. The SMILES string of the molecule is CSc1ccc(CC2(O)CC2)c(F)c1F. The van der Waals surface area contributed by atoms with Gasteiger partial charge in [-0.25, -0.2) is 8.78 Å². The standard InChI is InChI=1S/C11H12F2OS/c1-15-8-3-2-7(9(12)10(8)13)6-11(14)4-5-11/h2-3,14H,4-6H2,1H3. The molecule has 1 fully saturated rings. The molecule has 0 aromatic heterocycles. The van der Waals surface area contributed by atoms with Crippen molar-refractivity contribution < 1.29 is 13.9 Å². The van der Waals surface area contributed by atoms with E-state index in [1.807, 2.05) is 0 Å². The molecule has 1 N–H and O–H groups in total. The van der Waals surface area contributed by atoms with E-state index in [-0.39, 0.29) is 12.0 Å². The zero-order chi connectivity index (χ0) is 11.1. The minimum Gasteiger partial charge on any atom is -0.390 e. The molecule has 0 bridgehead atoms. The van der Waals surface area contributed by atoms with E-state index in [0.29, 0.717) is 17.7 Å². The highest BCUT2D eigenvalue weighted by Gasteiger charge is 2.41. The van der Waals surface area contributed by atoms with E-state index in [4.69, 9.17) is 0 Å². The number of thioether (sulfide) groups is 1. The fourth-order valence-electron chi connectivity index (χ4n) is 1.54. The van der Waals surface area contributed by atoms with Gasteiger partial charge in [-0.1, -0.05) is 6.07 Å². The first-order chi connectivity index (χ1) is 7.06. The van der Waals surface area contributed by atoms with Crippen molar-refractivity contribution >= 4 is 11.8 Å². The Morgan fingerprint density at radius 1 is 1.33 bits per heavy atom. The van der Waals surface area contributed by atoms with Crippen molar-refractivity contribution in [1.29, 1.82) is 0 Å². The Morgan fingerprint density at radius 3 is 2.53 bits per heavy atom. The molecule has 1 aromatic rings. The van der Waals surface area contributed by atoms with Crippen molar-refractivity contribution in [3.05, 3.63) is 29.3 Å². The van der Waals surface area contributed by atoms with Crippen molar-refractivity contribution in [2.75, 3.05) is 6.26 Å². The Bertz CT molecular complexity index is 388. The Labute approximate surface area is 91.5 Å². The van der Waals surface area contributed by atoms with Gasteiger partial charge < -0.3 is 5.11 Å². The summed E-state index contributed by atoms with van der Waals surface area (Å²) in [6.07, 6.45) is 3.27. The van der Waals surface area contributed by atoms with Crippen LogP contribution in [0.1, 0.15) is 18.4 Å². The molecule has 82 valence electrons. The molecule has 0 amide bonds. The molecular formula is C11H12F2OS. The van der Waals surface area contributed by atoms with Gasteiger partial charge in [-0.3, -0.25) is 0 Å². The summed E-state index contributed by atoms with van der Waals surface area (Å²) in [6.45, 7) is 0. The number of hydrogen-bond acceptors (Lipinski definition) is 2. The van der Waals surface area contributed by atoms with Gasteiger partial charge in [0.05, 0.1) is 5.60 Å². The number of halogens is 2. The summed E-state index contributed by atoms with van der Waals surface area (Å²) < 4.78 is 26.9. The molecule has 0 atom stereocenters. The van der Waals surface area contributed by atoms with Crippen LogP contribution < -0.4 is 0 Å². The summed E-state index contributed by atoms with van der Waals surface area (Å²) in [6, 6.07) is 3.12. The van der Waals surface area contributed by atoms with Crippen LogP contribution in [-0.2, 0) is 6.42 Å². The zero-order valence-corrected chi connectivity index (χ0v) is 9.20. The summed E-state index contributed by atoms with van der Waals surface area (Å²) in [5.74, 6) is -1.62. The fourth-order valence-corrected chi connectivity index (χ4v) is 2.01. The minimum absolute atomic E-state index is 0.213. The molecule has 0 saturated heterocycles. The van der Waals surface area contributed by atoms with Crippen LogP contribution in [0.4, 0.5) is 8.78 Å². The summed E-state index contributed by atoms with van der Waals surface area (Å²) in [5.41, 5.74) is -0.515. The van der Waals surface area contributed by atoms with Gasteiger partial charge in [0.15, 0.2) is 11.6 Å². The molecule has 0 heterocycles. The number of rotatable bonds is 3. The first-order valence-electron chi connectivity index (χ1n) is 4.79. The molecule has 1 nitrogen and oxygen atoms in total. The van der Waals surface area contributed by atoms with E-state index >= 15 is 0 Å². The lowest BCUT2D eigenvalue weighted by molar-refractivity contribution is 0.149. The first-order valence-corrected chi connectivity index (χ1v) is 6.01. The third-order valence-corrected chi connectivity index (χ3v) is 3.45. The molecule has 2 rings (SSSR count). The maximum Gasteiger partial charge on any atom is 0.172 e. The lowest BCUT2D eigenvalue weighted by Crippen LogP contribution is -2.12. The van der Waals surface area contributed by atoms with Crippen molar-refractivity contribution in [3.63, 3.8) is 0 Å². The number of aliphatic hydroxyl groups is 1. The largest absolute Gasteiger partial charge is 0.390 e. The van der Waals surface area contributed by atoms with Gasteiger partial charge in [-0.2, -0.15) is 0 Å². The van der Waals surface area contributed by atoms with Gasteiger partial charge in [0.2, 0.25) is 0 Å². The monoisotopic (exact) mass is 230 g/mol. The quantitative estimate of drug-likeness (QED) is 0.806. The highest BCUT2D eigenvalue weighted by molar-refractivity contribution is 7.98. The molecule has 0 radical (unpaired) electrons. The second kappa shape index (κ2) is 3.76. The van der Waals surface area contributed by atoms with E-state index < -0.39 is 17.2 Å². The van der Waals surface area contributed by atoms with Crippen LogP contribution in [-0.4, -0.2) is 17.0 Å². The normalized spacial score (nSPS) is 17.9. The van der Waals surface area contributed by atoms with Crippen LogP contribution in [0.3, 0.4) is 0 Å². The third kappa shape index (κ3) is 2.16. The van der Waals surface area contributed by atoms with Gasteiger partial charge >= 0.3 is 0 Å². The van der Waals surface area contributed by atoms with E-state index in [0.717, 1.165) is 0 Å². The van der Waals surface area contributed by atoms with Crippen molar-refractivity contribution in [2.45, 2.75) is 29.8 Å². The summed E-state index contributed by atoms with van der Waals surface area (Å²) >= 11 is 1.17. The molecule has 1 aliphatic rings. The maximum absolute atomic E-state index is 13.5. The molecule has 0 unspecified atom stereocenters. The average molecular weight is 230 g/mol. The predicted molar refractivity (Wildman–Crippen MR) is 56.0 cm³/mol. The van der Waals surface area contributed by atoms with Gasteiger partial charge in [0.1, 0.15) is 0 Å². The van der Waals surface area contributed by atoms with Gasteiger partial charge in [0.25, 0.3) is 0 Å². The Morgan fingerprint density at radius 2 is 2.00 bits per heavy atom. The van der Waals surface area contributed by atoms with Crippen molar-refractivity contribution in [2.24, 2.45) is 0 Å². The van der Waals surface area contributed by atoms with Crippen LogP contribution in [0.5, 0.6) is 0 Å². The summed E-state index contributed by atoms with van der Waals surface area (Å²) in [7, 11) is 0. The number of benzene rings is 1. The smallest absolute Gasteiger partial charge is 0.172 e. The van der Waals surface area contributed by atoms with Crippen LogP contribution in [0, 0.1) is 11.6 Å². The van der Waals surface area contributed by atoms with E-state index in [9.17, 15) is 13.9 Å². The summed E-state index contributed by atoms with van der Waals surface area (Å²) in [4.78, 5) is 0.305. The minimum atomic E-state index is -0.817. The van der Waals surface area contributed by atoms with Gasteiger partial charge in [-0.15, -0.1) is 11.8 Å². The highest BCUT2D eigenvalue weighted by Crippen LogP contribution is 2.39. The average Bonchev–Trinajstić information content (AvgIpc) is 2.92. The van der Waals surface area contributed by atoms with E-state index in [1.165, 1.54) is 11.8 Å². The van der Waals surface area contributed by atoms with Crippen molar-refractivity contribution in [1.82, 2.24) is 0 Å². The molecule has 1 saturated carbocycles. The van der Waals surface area contributed by atoms with Gasteiger partial charge in [0, 0.05) is 11.3 Å². The molecular weight excluding hydrogens is 218 g/mol. The second-order valence-corrected chi connectivity index (χ2v) is 4.80. The van der Waals surface area contributed by atoms with E-state index in [1.54, 1.807) is 18.4 Å². The van der Waals surface area contributed by atoms with Crippen LogP contribution >= 0.6 is 11.8 Å². The third-order valence-electron chi connectivity index (χ3n) is 2.69. The summed E-state index contributed by atoms with van der Waals surface area (Å²) in [5, 5.41) is 9.63. The lowest BCUT2D eigenvalue weighted by atomic mass is 10.1. The lowest BCUT2D eigenvalue weighted by Gasteiger charge is -2.10. The van der Waals surface area contributed by atoms with Crippen LogP contribution in [0.25, 0.3) is 0 Å². The van der Waals surface area contributed by atoms with Crippen molar-refractivity contribution in [3.8, 4) is 0 Å². The predicted octanol–water partition coefficient (Wildman–Crippen LogP) is 2.75. The van der Waals surface area contributed by atoms with Crippen LogP contribution in [0.15, 0.2) is 17.0 Å². The van der Waals surface area contributed by atoms with E-state index in [2.05, 4.69) is 0 Å². The van der Waals surface area contributed by atoms with Gasteiger partial charge in [-0.05, 0) is 30.7 Å². The fraction of sp³-hybridized carbons (Fsp3) is 0.455. The molecule has 0 aliphatic heterocycles. The Kier molecular flexibility index (Phi) is 2.73. The first kappa shape index (κ1) is 10.9. The maximum atomic E-state index is 13.5. The topological polar surface area (TPSA) is 20.2 Å². The molecule has 15 heavy (non-hydrogen) atoms. The van der Waals surface area contributed by atoms with Crippen LogP contribution in [0.2, 0.25) is 0 Å². The molecule has 0 spiro atoms. The number of hydrogen-bond donors (Lipinski definition) is 1. The molecule has 1 aliphatic carbocycles. The molecule has 1 aromatic carbocycles. The highest BCUT2D eigenvalue weighted by atomic mass is 32.2.